The normalized spacial score (nSPS) is 18.1. The van der Waals surface area contributed by atoms with Gasteiger partial charge in [0.15, 0.2) is 0 Å². The molecule has 0 heterocycles. The summed E-state index contributed by atoms with van der Waals surface area (Å²) in [5.74, 6) is -1.55. The van der Waals surface area contributed by atoms with Crippen LogP contribution in [0.3, 0.4) is 0 Å². The van der Waals surface area contributed by atoms with Gasteiger partial charge in [0.2, 0.25) is 0 Å². The lowest BCUT2D eigenvalue weighted by Crippen LogP contribution is -2.37. The van der Waals surface area contributed by atoms with Crippen LogP contribution in [-0.2, 0) is 4.79 Å². The molecule has 156 valence electrons. The fourth-order valence-corrected chi connectivity index (χ4v) is 3.22. The molecule has 1 fully saturated rings. The molecule has 2 rings (SSSR count). The van der Waals surface area contributed by atoms with E-state index >= 15 is 0 Å². The van der Waals surface area contributed by atoms with Crippen molar-refractivity contribution in [2.45, 2.75) is 56.4 Å². The Bertz CT molecular complexity index is 697. The van der Waals surface area contributed by atoms with Crippen molar-refractivity contribution in [2.24, 2.45) is 0 Å². The topological polar surface area (TPSA) is 78.8 Å². The minimum atomic E-state index is -4.95. The summed E-state index contributed by atoms with van der Waals surface area (Å²) in [6, 6.07) is 5.01. The Labute approximate surface area is 162 Å². The highest BCUT2D eigenvalue weighted by molar-refractivity contribution is 5.81. The highest BCUT2D eigenvalue weighted by Gasteiger charge is 2.38. The van der Waals surface area contributed by atoms with Crippen molar-refractivity contribution < 1.29 is 32.9 Å². The highest BCUT2D eigenvalue weighted by Crippen LogP contribution is 2.31. The van der Waals surface area contributed by atoms with Gasteiger partial charge in [0.1, 0.15) is 5.75 Å². The van der Waals surface area contributed by atoms with Gasteiger partial charge < -0.3 is 20.3 Å². The summed E-state index contributed by atoms with van der Waals surface area (Å²) in [4.78, 5) is 10.8. The van der Waals surface area contributed by atoms with Gasteiger partial charge >= 0.3 is 12.1 Å². The van der Waals surface area contributed by atoms with Crippen LogP contribution in [0.15, 0.2) is 24.3 Å². The van der Waals surface area contributed by atoms with Crippen molar-refractivity contribution in [3.8, 4) is 5.75 Å². The van der Waals surface area contributed by atoms with Crippen LogP contribution in [0.2, 0.25) is 0 Å². The summed E-state index contributed by atoms with van der Waals surface area (Å²) in [7, 11) is 1.47. The van der Waals surface area contributed by atoms with E-state index in [1.807, 2.05) is 0 Å². The Hall–Kier alpha value is -2.06. The third kappa shape index (κ3) is 6.53. The molecule has 0 saturated heterocycles. The number of nitrogens with one attached hydrogen (secondary N) is 1. The summed E-state index contributed by atoms with van der Waals surface area (Å²) in [5, 5.41) is 22.6. The summed E-state index contributed by atoms with van der Waals surface area (Å²) in [6.07, 6.45) is 1.84. The van der Waals surface area contributed by atoms with Crippen LogP contribution >= 0.6 is 0 Å². The molecule has 0 aromatic heterocycles. The smallest absolute Gasteiger partial charge is 0.471 e. The van der Waals surface area contributed by atoms with Crippen LogP contribution in [0.1, 0.15) is 55.8 Å². The van der Waals surface area contributed by atoms with E-state index in [-0.39, 0.29) is 13.0 Å². The van der Waals surface area contributed by atoms with Gasteiger partial charge in [-0.1, -0.05) is 31.4 Å². The number of methoxy groups -OCH3 is 1. The van der Waals surface area contributed by atoms with E-state index in [1.165, 1.54) is 7.11 Å². The Morgan fingerprint density at radius 3 is 2.57 bits per heavy atom. The molecule has 3 N–H and O–H groups in total. The van der Waals surface area contributed by atoms with Crippen molar-refractivity contribution in [3.63, 3.8) is 0 Å². The third-order valence-electron chi connectivity index (χ3n) is 4.84. The third-order valence-corrected chi connectivity index (χ3v) is 4.84. The van der Waals surface area contributed by atoms with Gasteiger partial charge in [-0.3, -0.25) is 4.79 Å². The molecule has 1 unspecified atom stereocenters. The number of rotatable bonds is 7. The van der Waals surface area contributed by atoms with E-state index in [0.717, 1.165) is 19.3 Å². The number of halogens is 3. The molecule has 1 aromatic carbocycles. The summed E-state index contributed by atoms with van der Waals surface area (Å²) in [5.41, 5.74) is 0.310. The number of benzene rings is 1. The summed E-state index contributed by atoms with van der Waals surface area (Å²) < 4.78 is 41.8. The SMILES string of the molecule is COc1cc(/C=C/C2(O)CCCCC2)cc(C(O)CCNC(=O)C(F)(F)F)c1. The van der Waals surface area contributed by atoms with E-state index in [1.54, 1.807) is 35.7 Å². The van der Waals surface area contributed by atoms with Crippen molar-refractivity contribution in [1.82, 2.24) is 5.32 Å². The van der Waals surface area contributed by atoms with Crippen LogP contribution in [0.25, 0.3) is 6.08 Å². The van der Waals surface area contributed by atoms with Gasteiger partial charge in [-0.2, -0.15) is 13.2 Å². The van der Waals surface area contributed by atoms with Gasteiger partial charge in [0.25, 0.3) is 0 Å². The molecule has 1 aliphatic rings. The number of amides is 1. The number of carbonyl (C=O) groups excluding carboxylic acids is 1. The maximum atomic E-state index is 12.2. The predicted molar refractivity (Wildman–Crippen MR) is 98.7 cm³/mol. The number of ether oxygens (including phenoxy) is 1. The van der Waals surface area contributed by atoms with Gasteiger partial charge in [-0.05, 0) is 48.6 Å². The number of hydrogen-bond donors (Lipinski definition) is 3. The van der Waals surface area contributed by atoms with Crippen LogP contribution in [0.5, 0.6) is 5.75 Å². The largest absolute Gasteiger partial charge is 0.497 e. The highest BCUT2D eigenvalue weighted by atomic mass is 19.4. The first-order valence-electron chi connectivity index (χ1n) is 9.27. The first kappa shape index (κ1) is 22.2. The lowest BCUT2D eigenvalue weighted by molar-refractivity contribution is -0.173. The Kier molecular flexibility index (Phi) is 7.48. The van der Waals surface area contributed by atoms with Crippen LogP contribution < -0.4 is 10.1 Å². The molecule has 0 bridgehead atoms. The van der Waals surface area contributed by atoms with Crippen molar-refractivity contribution in [1.29, 1.82) is 0 Å². The lowest BCUT2D eigenvalue weighted by Gasteiger charge is -2.28. The van der Waals surface area contributed by atoms with Gasteiger partial charge in [0, 0.05) is 6.54 Å². The molecule has 1 amide bonds. The zero-order valence-electron chi connectivity index (χ0n) is 15.8. The number of aliphatic hydroxyl groups is 2. The molecule has 5 nitrogen and oxygen atoms in total. The Morgan fingerprint density at radius 2 is 1.96 bits per heavy atom. The molecule has 0 aliphatic heterocycles. The molecule has 0 radical (unpaired) electrons. The number of carbonyl (C=O) groups is 1. The Balaban J connectivity index is 2.05. The van der Waals surface area contributed by atoms with Crippen molar-refractivity contribution in [3.05, 3.63) is 35.4 Å². The maximum Gasteiger partial charge on any atom is 0.471 e. The van der Waals surface area contributed by atoms with E-state index in [9.17, 15) is 28.2 Å². The van der Waals surface area contributed by atoms with Crippen LogP contribution in [0.4, 0.5) is 13.2 Å². The quantitative estimate of drug-likeness (QED) is 0.653. The molecule has 1 atom stereocenters. The molecule has 1 aromatic rings. The molecular formula is C20H26F3NO4. The maximum absolute atomic E-state index is 12.2. The minimum absolute atomic E-state index is 0.0813. The first-order valence-corrected chi connectivity index (χ1v) is 9.27. The molecule has 28 heavy (non-hydrogen) atoms. The average molecular weight is 401 g/mol. The summed E-state index contributed by atoms with van der Waals surface area (Å²) in [6.45, 7) is -0.318. The molecular weight excluding hydrogens is 375 g/mol. The number of alkyl halides is 3. The fourth-order valence-electron chi connectivity index (χ4n) is 3.22. The number of aliphatic hydroxyl groups excluding tert-OH is 1. The van der Waals surface area contributed by atoms with E-state index in [4.69, 9.17) is 4.74 Å². The van der Waals surface area contributed by atoms with Crippen molar-refractivity contribution >= 4 is 12.0 Å². The Morgan fingerprint density at radius 1 is 1.29 bits per heavy atom. The minimum Gasteiger partial charge on any atom is -0.497 e. The first-order chi connectivity index (χ1) is 13.1. The lowest BCUT2D eigenvalue weighted by atomic mass is 9.84. The van der Waals surface area contributed by atoms with E-state index in [0.29, 0.717) is 29.7 Å². The van der Waals surface area contributed by atoms with Gasteiger partial charge in [-0.15, -0.1) is 0 Å². The van der Waals surface area contributed by atoms with E-state index in [2.05, 4.69) is 0 Å². The summed E-state index contributed by atoms with van der Waals surface area (Å²) >= 11 is 0. The van der Waals surface area contributed by atoms with Crippen molar-refractivity contribution in [2.75, 3.05) is 13.7 Å². The standard InChI is InChI=1S/C20H26F3NO4/c1-28-16-12-14(5-9-19(27)7-3-2-4-8-19)11-15(13-16)17(25)6-10-24-18(26)20(21,22)23/h5,9,11-13,17,25,27H,2-4,6-8,10H2,1H3,(H,24,26)/b9-5+. The average Bonchev–Trinajstić information content (AvgIpc) is 2.65. The second-order valence-corrected chi connectivity index (χ2v) is 7.10. The molecule has 1 saturated carbocycles. The zero-order chi connectivity index (χ0) is 20.8. The van der Waals surface area contributed by atoms with Gasteiger partial charge in [0.05, 0.1) is 18.8 Å². The second-order valence-electron chi connectivity index (χ2n) is 7.10. The zero-order valence-corrected chi connectivity index (χ0v) is 15.8. The fraction of sp³-hybridized carbons (Fsp3) is 0.550. The monoisotopic (exact) mass is 401 g/mol. The predicted octanol–water partition coefficient (Wildman–Crippen LogP) is 3.51. The van der Waals surface area contributed by atoms with Crippen LogP contribution in [0, 0.1) is 0 Å². The molecule has 8 heteroatoms. The number of hydrogen-bond acceptors (Lipinski definition) is 4. The van der Waals surface area contributed by atoms with E-state index < -0.39 is 23.8 Å². The van der Waals surface area contributed by atoms with Gasteiger partial charge in [-0.25, -0.2) is 0 Å². The second kappa shape index (κ2) is 9.43. The molecule has 0 spiro atoms. The molecule has 1 aliphatic carbocycles. The van der Waals surface area contributed by atoms with Crippen LogP contribution in [-0.4, -0.2) is 41.6 Å².